The molecular formula is C35H35F7N3O4P. The first-order valence-electron chi connectivity index (χ1n) is 15.5. The summed E-state index contributed by atoms with van der Waals surface area (Å²) in [6.45, 7) is 0.796. The molecule has 1 amide bonds. The summed E-state index contributed by atoms with van der Waals surface area (Å²) in [4.78, 5) is 36.5. The number of pyridine rings is 1. The number of nitrogens with two attached hydrogens (primary N) is 1. The highest BCUT2D eigenvalue weighted by molar-refractivity contribution is 7.27. The SMILES string of the molecule is Cn1c(=O)c(Cc2cccc(CCC(=O)O)c2F)c(C(F)(F)F)c2cc(CCN3CCC(F)(F)CC3)ccc21.NC(=O)c1c(F)cccc1P. The Morgan fingerprint density at radius 1 is 0.980 bits per heavy atom. The average molecular weight is 726 g/mol. The number of hydrogen-bond donors (Lipinski definition) is 2. The van der Waals surface area contributed by atoms with Gasteiger partial charge in [0.2, 0.25) is 0 Å². The van der Waals surface area contributed by atoms with E-state index in [0.717, 1.165) is 4.57 Å². The zero-order chi connectivity index (χ0) is 37.0. The number of likely N-dealkylation sites (tertiary alicyclic amines) is 1. The van der Waals surface area contributed by atoms with Crippen LogP contribution in [0.4, 0.5) is 30.7 Å². The summed E-state index contributed by atoms with van der Waals surface area (Å²) in [5, 5.41) is 9.17. The molecule has 1 aromatic heterocycles. The lowest BCUT2D eigenvalue weighted by molar-refractivity contribution is -0.137. The summed E-state index contributed by atoms with van der Waals surface area (Å²) < 4.78 is 99.3. The van der Waals surface area contributed by atoms with Crippen molar-refractivity contribution in [3.63, 3.8) is 0 Å². The van der Waals surface area contributed by atoms with Crippen molar-refractivity contribution in [2.24, 2.45) is 12.8 Å². The third-order valence-corrected chi connectivity index (χ3v) is 9.05. The second-order valence-electron chi connectivity index (χ2n) is 12.0. The number of carbonyl (C=O) groups is 2. The molecule has 7 nitrogen and oxygen atoms in total. The van der Waals surface area contributed by atoms with Crippen molar-refractivity contribution in [1.82, 2.24) is 9.47 Å². The molecule has 0 saturated carbocycles. The fourth-order valence-electron chi connectivity index (χ4n) is 5.89. The number of carbonyl (C=O) groups excluding carboxylic acids is 1. The summed E-state index contributed by atoms with van der Waals surface area (Å²) in [7, 11) is 3.60. The quantitative estimate of drug-likeness (QED) is 0.163. The van der Waals surface area contributed by atoms with Crippen LogP contribution in [0.2, 0.25) is 0 Å². The molecule has 0 spiro atoms. The van der Waals surface area contributed by atoms with Gasteiger partial charge >= 0.3 is 12.1 Å². The molecule has 1 saturated heterocycles. The smallest absolute Gasteiger partial charge is 0.417 e. The van der Waals surface area contributed by atoms with Crippen LogP contribution in [0.1, 0.15) is 57.4 Å². The Kier molecular flexibility index (Phi) is 12.1. The molecule has 15 heteroatoms. The van der Waals surface area contributed by atoms with E-state index in [-0.39, 0.29) is 66.4 Å². The van der Waals surface area contributed by atoms with Crippen molar-refractivity contribution in [3.8, 4) is 0 Å². The Labute approximate surface area is 285 Å². The van der Waals surface area contributed by atoms with E-state index in [1.807, 2.05) is 4.90 Å². The number of carboxylic acids is 1. The van der Waals surface area contributed by atoms with E-state index in [9.17, 15) is 40.7 Å². The van der Waals surface area contributed by atoms with Gasteiger partial charge in [-0.25, -0.2) is 17.6 Å². The lowest BCUT2D eigenvalue weighted by atomic mass is 9.94. The summed E-state index contributed by atoms with van der Waals surface area (Å²) in [6, 6.07) is 12.8. The molecule has 1 aliphatic rings. The van der Waals surface area contributed by atoms with E-state index in [2.05, 4.69) is 9.24 Å². The highest BCUT2D eigenvalue weighted by Gasteiger charge is 2.38. The zero-order valence-electron chi connectivity index (χ0n) is 26.9. The zero-order valence-corrected chi connectivity index (χ0v) is 28.1. The second kappa shape index (κ2) is 15.7. The first-order chi connectivity index (χ1) is 23.4. The molecule has 1 aliphatic heterocycles. The Bertz CT molecular complexity index is 1930. The number of aryl methyl sites for hydroxylation is 2. The molecule has 0 radical (unpaired) electrons. The van der Waals surface area contributed by atoms with Gasteiger partial charge in [0.1, 0.15) is 11.6 Å². The predicted molar refractivity (Wildman–Crippen MR) is 178 cm³/mol. The average Bonchev–Trinajstić information content (AvgIpc) is 3.02. The molecule has 268 valence electrons. The minimum absolute atomic E-state index is 0.0406. The van der Waals surface area contributed by atoms with Crippen LogP contribution >= 0.6 is 9.24 Å². The number of rotatable bonds is 9. The van der Waals surface area contributed by atoms with Crippen molar-refractivity contribution in [2.45, 2.75) is 50.6 Å². The van der Waals surface area contributed by atoms with Crippen LogP contribution in [0.3, 0.4) is 0 Å². The number of aliphatic carboxylic acids is 1. The normalized spacial score (nSPS) is 14.7. The molecule has 3 aromatic carbocycles. The van der Waals surface area contributed by atoms with E-state index in [0.29, 0.717) is 23.8 Å². The molecule has 1 atom stereocenters. The van der Waals surface area contributed by atoms with Crippen LogP contribution < -0.4 is 16.6 Å². The van der Waals surface area contributed by atoms with Crippen LogP contribution in [0.5, 0.6) is 0 Å². The third kappa shape index (κ3) is 9.28. The Balaban J connectivity index is 0.000000435. The van der Waals surface area contributed by atoms with E-state index < -0.39 is 58.7 Å². The van der Waals surface area contributed by atoms with Crippen LogP contribution in [0.25, 0.3) is 10.9 Å². The molecular weight excluding hydrogens is 690 g/mol. The third-order valence-electron chi connectivity index (χ3n) is 8.57. The number of amides is 1. The van der Waals surface area contributed by atoms with Gasteiger partial charge < -0.3 is 20.3 Å². The number of nitrogens with zero attached hydrogens (tertiary/aromatic N) is 2. The van der Waals surface area contributed by atoms with E-state index in [1.54, 1.807) is 12.1 Å². The van der Waals surface area contributed by atoms with Crippen molar-refractivity contribution >= 4 is 37.3 Å². The number of piperidine rings is 1. The van der Waals surface area contributed by atoms with Gasteiger partial charge in [0.15, 0.2) is 0 Å². The number of primary amides is 1. The monoisotopic (exact) mass is 725 g/mol. The lowest BCUT2D eigenvalue weighted by Crippen LogP contribution is -2.40. The predicted octanol–water partition coefficient (Wildman–Crippen LogP) is 6.00. The Morgan fingerprint density at radius 3 is 2.20 bits per heavy atom. The molecule has 0 aliphatic carbocycles. The summed E-state index contributed by atoms with van der Waals surface area (Å²) >= 11 is 0. The minimum Gasteiger partial charge on any atom is -0.481 e. The maximum atomic E-state index is 15.1. The molecule has 2 heterocycles. The first kappa shape index (κ1) is 38.5. The maximum Gasteiger partial charge on any atom is 0.417 e. The first-order valence-corrected chi connectivity index (χ1v) is 16.1. The molecule has 1 unspecified atom stereocenters. The largest absolute Gasteiger partial charge is 0.481 e. The lowest BCUT2D eigenvalue weighted by Gasteiger charge is -2.31. The summed E-state index contributed by atoms with van der Waals surface area (Å²) in [6.07, 6.45) is -6.24. The van der Waals surface area contributed by atoms with Crippen molar-refractivity contribution < 1.29 is 45.4 Å². The molecule has 3 N–H and O–H groups in total. The van der Waals surface area contributed by atoms with Gasteiger partial charge in [-0.15, -0.1) is 9.24 Å². The van der Waals surface area contributed by atoms with Gasteiger partial charge in [-0.05, 0) is 53.0 Å². The molecule has 4 aromatic rings. The van der Waals surface area contributed by atoms with Crippen molar-refractivity contribution in [3.05, 3.63) is 110 Å². The van der Waals surface area contributed by atoms with Crippen molar-refractivity contribution in [2.75, 3.05) is 19.6 Å². The molecule has 5 rings (SSSR count). The molecule has 50 heavy (non-hydrogen) atoms. The Morgan fingerprint density at radius 2 is 1.62 bits per heavy atom. The molecule has 1 fully saturated rings. The van der Waals surface area contributed by atoms with Crippen LogP contribution in [0, 0.1) is 11.6 Å². The Hall–Kier alpha value is -4.29. The van der Waals surface area contributed by atoms with Crippen LogP contribution in [-0.2, 0) is 37.3 Å². The minimum atomic E-state index is -4.92. The second-order valence-corrected chi connectivity index (χ2v) is 12.7. The summed E-state index contributed by atoms with van der Waals surface area (Å²) in [5.41, 5.74) is 2.72. The maximum absolute atomic E-state index is 15.1. The van der Waals surface area contributed by atoms with Gasteiger partial charge in [-0.1, -0.05) is 36.4 Å². The number of aromatic nitrogens is 1. The number of carboxylic acid groups (broad SMARTS) is 1. The summed E-state index contributed by atoms with van der Waals surface area (Å²) in [5.74, 6) is -6.00. The topological polar surface area (TPSA) is 106 Å². The van der Waals surface area contributed by atoms with Crippen LogP contribution in [0.15, 0.2) is 59.4 Å². The standard InChI is InChI=1S/C28H28F6N2O3.C7H7FNOP/c1-35-22-7-5-17(9-12-36-13-10-27(30,31)11-14-36)15-20(22)24(28(32,33)34)21(26(35)39)16-19-4-2-3-18(25(19)29)6-8-23(37)38;8-4-2-1-3-5(11)6(4)7(9)10/h2-5,7,15H,6,8-14,16H2,1H3,(H,37,38);1-3H,11H2,(H2,9,10). The van der Waals surface area contributed by atoms with E-state index >= 15 is 4.39 Å². The number of alkyl halides is 5. The fraction of sp³-hybridized carbons (Fsp3) is 0.343. The van der Waals surface area contributed by atoms with Crippen LogP contribution in [-0.4, -0.2) is 52.0 Å². The highest BCUT2D eigenvalue weighted by atomic mass is 31.0. The van der Waals surface area contributed by atoms with Gasteiger partial charge in [-0.3, -0.25) is 14.4 Å². The van der Waals surface area contributed by atoms with Gasteiger partial charge in [-0.2, -0.15) is 13.2 Å². The number of benzene rings is 3. The van der Waals surface area contributed by atoms with E-state index in [4.69, 9.17) is 10.8 Å². The number of fused-ring (bicyclic) bond motifs is 1. The van der Waals surface area contributed by atoms with Crippen molar-refractivity contribution in [1.29, 1.82) is 0 Å². The van der Waals surface area contributed by atoms with E-state index in [1.165, 1.54) is 49.5 Å². The number of halogens is 7. The van der Waals surface area contributed by atoms with Gasteiger partial charge in [0.25, 0.3) is 17.4 Å². The van der Waals surface area contributed by atoms with Gasteiger partial charge in [0, 0.05) is 63.3 Å². The fourth-order valence-corrected chi connectivity index (χ4v) is 6.28. The van der Waals surface area contributed by atoms with Gasteiger partial charge in [0.05, 0.1) is 16.6 Å². The highest BCUT2D eigenvalue weighted by Crippen LogP contribution is 2.38. The number of hydrogen-bond acceptors (Lipinski definition) is 4. The molecule has 0 bridgehead atoms.